The smallest absolute Gasteiger partial charge is 0.388 e. The number of alkyl halides is 3. The number of hydrogen-bond acceptors (Lipinski definition) is 3. The molecule has 0 aromatic carbocycles. The van der Waals surface area contributed by atoms with Crippen molar-refractivity contribution >= 4 is 15.9 Å². The van der Waals surface area contributed by atoms with Gasteiger partial charge in [0.25, 0.3) is 0 Å². The third-order valence-electron chi connectivity index (χ3n) is 1.59. The van der Waals surface area contributed by atoms with Crippen LogP contribution in [0.25, 0.3) is 0 Å². The molecule has 0 fully saturated rings. The molecule has 5 nitrogen and oxygen atoms in total. The van der Waals surface area contributed by atoms with E-state index in [0.717, 1.165) is 0 Å². The van der Waals surface area contributed by atoms with Crippen LogP contribution < -0.4 is 10.5 Å². The molecule has 0 aromatic heterocycles. The maximum Gasteiger partial charge on any atom is 0.389 e. The summed E-state index contributed by atoms with van der Waals surface area (Å²) >= 11 is 0. The maximum atomic E-state index is 11.7. The summed E-state index contributed by atoms with van der Waals surface area (Å²) in [5, 5.41) is 6.82. The largest absolute Gasteiger partial charge is 0.389 e. The Hall–Kier alpha value is -0.830. The first-order chi connectivity index (χ1) is 7.12. The zero-order valence-corrected chi connectivity index (χ0v) is 9.29. The number of hydrogen-bond donors (Lipinski definition) is 3. The van der Waals surface area contributed by atoms with Gasteiger partial charge in [0, 0.05) is 19.4 Å². The molecule has 0 aliphatic rings. The van der Waals surface area contributed by atoms with Crippen molar-refractivity contribution in [2.45, 2.75) is 25.4 Å². The lowest BCUT2D eigenvalue weighted by atomic mass is 10.3. The van der Waals surface area contributed by atoms with E-state index in [-0.39, 0.29) is 18.8 Å². The van der Waals surface area contributed by atoms with Crippen molar-refractivity contribution in [3.8, 4) is 0 Å². The minimum absolute atomic E-state index is 0.0402. The van der Waals surface area contributed by atoms with E-state index < -0.39 is 34.8 Å². The molecule has 9 heteroatoms. The average Bonchev–Trinajstić information content (AvgIpc) is 1.99. The van der Waals surface area contributed by atoms with E-state index in [0.29, 0.717) is 0 Å². The summed E-state index contributed by atoms with van der Waals surface area (Å²) in [5.74, 6) is -0.761. The van der Waals surface area contributed by atoms with Crippen molar-refractivity contribution in [1.82, 2.24) is 4.72 Å². The summed E-state index contributed by atoms with van der Waals surface area (Å²) in [7, 11) is -3.70. The van der Waals surface area contributed by atoms with E-state index in [1.165, 1.54) is 0 Å². The zero-order chi connectivity index (χ0) is 12.8. The second-order valence-corrected chi connectivity index (χ2v) is 5.13. The van der Waals surface area contributed by atoms with Crippen molar-refractivity contribution in [2.75, 3.05) is 12.3 Å². The fourth-order valence-corrected chi connectivity index (χ4v) is 1.96. The Morgan fingerprint density at radius 2 is 1.94 bits per heavy atom. The van der Waals surface area contributed by atoms with Crippen LogP contribution in [0.2, 0.25) is 0 Å². The monoisotopic (exact) mass is 261 g/mol. The molecule has 0 saturated heterocycles. The lowest BCUT2D eigenvalue weighted by molar-refractivity contribution is -0.134. The zero-order valence-electron chi connectivity index (χ0n) is 8.47. The minimum Gasteiger partial charge on any atom is -0.388 e. The van der Waals surface area contributed by atoms with E-state index in [9.17, 15) is 21.6 Å². The molecular formula is C7H14F3N3O2S. The van der Waals surface area contributed by atoms with Crippen LogP contribution in [0.15, 0.2) is 0 Å². The molecule has 0 radical (unpaired) electrons. The van der Waals surface area contributed by atoms with Gasteiger partial charge in [0.05, 0.1) is 11.6 Å². The summed E-state index contributed by atoms with van der Waals surface area (Å²) in [5.41, 5.74) is 4.98. The molecule has 4 N–H and O–H groups in total. The summed E-state index contributed by atoms with van der Waals surface area (Å²) in [6, 6.07) is 0. The van der Waals surface area contributed by atoms with E-state index in [1.807, 2.05) is 0 Å². The molecule has 0 heterocycles. The van der Waals surface area contributed by atoms with Gasteiger partial charge < -0.3 is 5.73 Å². The van der Waals surface area contributed by atoms with Crippen molar-refractivity contribution < 1.29 is 21.6 Å². The van der Waals surface area contributed by atoms with E-state index >= 15 is 0 Å². The standard InChI is InChI=1S/C7H14F3N3O2S/c8-7(9,10)3-1-5-16(14,15)13-4-2-6(11)12/h13H,1-5H2,(H3,11,12). The SMILES string of the molecule is N=C(N)CCNS(=O)(=O)CCCC(F)(F)F. The van der Waals surface area contributed by atoms with Crippen LogP contribution in [-0.2, 0) is 10.0 Å². The van der Waals surface area contributed by atoms with Gasteiger partial charge in [-0.25, -0.2) is 13.1 Å². The third-order valence-corrected chi connectivity index (χ3v) is 3.06. The molecule has 0 amide bonds. The number of halogens is 3. The van der Waals surface area contributed by atoms with Gasteiger partial charge in [-0.05, 0) is 6.42 Å². The molecule has 0 aliphatic carbocycles. The van der Waals surface area contributed by atoms with Crippen LogP contribution in [0.4, 0.5) is 13.2 Å². The fourth-order valence-electron chi connectivity index (χ4n) is 0.876. The Balaban J connectivity index is 3.84. The van der Waals surface area contributed by atoms with Gasteiger partial charge in [-0.15, -0.1) is 0 Å². The average molecular weight is 261 g/mol. The number of nitrogens with one attached hydrogen (secondary N) is 2. The Morgan fingerprint density at radius 1 is 1.38 bits per heavy atom. The Morgan fingerprint density at radius 3 is 2.38 bits per heavy atom. The summed E-state index contributed by atoms with van der Waals surface area (Å²) in [6.07, 6.45) is -5.90. The van der Waals surface area contributed by atoms with E-state index in [2.05, 4.69) is 4.72 Å². The molecule has 0 saturated carbocycles. The predicted molar refractivity (Wildman–Crippen MR) is 53.6 cm³/mol. The Kier molecular flexibility index (Phi) is 5.73. The van der Waals surface area contributed by atoms with Crippen LogP contribution in [0.5, 0.6) is 0 Å². The molecule has 16 heavy (non-hydrogen) atoms. The lowest BCUT2D eigenvalue weighted by Crippen LogP contribution is -2.30. The first kappa shape index (κ1) is 15.2. The van der Waals surface area contributed by atoms with Gasteiger partial charge >= 0.3 is 6.18 Å². The van der Waals surface area contributed by atoms with E-state index in [4.69, 9.17) is 11.1 Å². The lowest BCUT2D eigenvalue weighted by Gasteiger charge is -2.07. The molecule has 0 atom stereocenters. The number of nitrogens with two attached hydrogens (primary N) is 1. The quantitative estimate of drug-likeness (QED) is 0.462. The molecule has 0 unspecified atom stereocenters. The predicted octanol–water partition coefficient (Wildman–Crippen LogP) is 0.574. The van der Waals surface area contributed by atoms with Crippen molar-refractivity contribution in [3.05, 3.63) is 0 Å². The van der Waals surface area contributed by atoms with Gasteiger partial charge in [-0.2, -0.15) is 13.2 Å². The second kappa shape index (κ2) is 6.04. The van der Waals surface area contributed by atoms with Crippen LogP contribution in [-0.4, -0.2) is 32.7 Å². The van der Waals surface area contributed by atoms with Crippen LogP contribution in [0, 0.1) is 5.41 Å². The molecule has 0 bridgehead atoms. The number of amidine groups is 1. The molecular weight excluding hydrogens is 247 g/mol. The molecule has 0 rings (SSSR count). The topological polar surface area (TPSA) is 96.0 Å². The highest BCUT2D eigenvalue weighted by Gasteiger charge is 2.27. The Bertz CT molecular complexity index is 326. The maximum absolute atomic E-state index is 11.7. The molecule has 0 aliphatic heterocycles. The third kappa shape index (κ3) is 9.71. The highest BCUT2D eigenvalue weighted by Crippen LogP contribution is 2.21. The molecule has 0 spiro atoms. The van der Waals surface area contributed by atoms with Crippen molar-refractivity contribution in [2.24, 2.45) is 5.73 Å². The molecule has 0 aromatic rings. The minimum atomic E-state index is -4.34. The van der Waals surface area contributed by atoms with Crippen LogP contribution in [0.3, 0.4) is 0 Å². The fraction of sp³-hybridized carbons (Fsp3) is 0.857. The first-order valence-corrected chi connectivity index (χ1v) is 6.14. The first-order valence-electron chi connectivity index (χ1n) is 4.49. The van der Waals surface area contributed by atoms with Gasteiger partial charge in [0.1, 0.15) is 0 Å². The highest BCUT2D eigenvalue weighted by atomic mass is 32.2. The normalized spacial score (nSPS) is 12.7. The number of sulfonamides is 1. The van der Waals surface area contributed by atoms with E-state index in [1.54, 1.807) is 0 Å². The van der Waals surface area contributed by atoms with Gasteiger partial charge in [-0.3, -0.25) is 5.41 Å². The van der Waals surface area contributed by atoms with Gasteiger partial charge in [0.2, 0.25) is 10.0 Å². The molecule has 96 valence electrons. The summed E-state index contributed by atoms with van der Waals surface area (Å²) < 4.78 is 59.5. The highest BCUT2D eigenvalue weighted by molar-refractivity contribution is 7.89. The second-order valence-electron chi connectivity index (χ2n) is 3.21. The summed E-state index contributed by atoms with van der Waals surface area (Å²) in [6.45, 7) is -0.0658. The van der Waals surface area contributed by atoms with Crippen LogP contribution >= 0.6 is 0 Å². The van der Waals surface area contributed by atoms with Crippen LogP contribution in [0.1, 0.15) is 19.3 Å². The van der Waals surface area contributed by atoms with Gasteiger partial charge in [0.15, 0.2) is 0 Å². The number of rotatable bonds is 7. The Labute approximate surface area is 91.8 Å². The van der Waals surface area contributed by atoms with Gasteiger partial charge in [-0.1, -0.05) is 0 Å². The van der Waals surface area contributed by atoms with Crippen molar-refractivity contribution in [1.29, 1.82) is 5.41 Å². The van der Waals surface area contributed by atoms with Crippen molar-refractivity contribution in [3.63, 3.8) is 0 Å². The summed E-state index contributed by atoms with van der Waals surface area (Å²) in [4.78, 5) is 0.